The van der Waals surface area contributed by atoms with Crippen molar-refractivity contribution in [2.45, 2.75) is 30.6 Å². The monoisotopic (exact) mass is 424 g/mol. The molecule has 1 aromatic heterocycles. The smallest absolute Gasteiger partial charge is 0.230 e. The highest BCUT2D eigenvalue weighted by molar-refractivity contribution is 7.99. The summed E-state index contributed by atoms with van der Waals surface area (Å²) in [5.74, 6) is 0.100. The molecule has 28 heavy (non-hydrogen) atoms. The van der Waals surface area contributed by atoms with E-state index in [1.54, 1.807) is 28.8 Å². The van der Waals surface area contributed by atoms with Crippen molar-refractivity contribution in [3.8, 4) is 0 Å². The molecule has 2 heterocycles. The minimum absolute atomic E-state index is 0.0655. The Morgan fingerprint density at radius 2 is 2.18 bits per heavy atom. The number of aromatic nitrogens is 3. The van der Waals surface area contributed by atoms with Gasteiger partial charge in [0.05, 0.1) is 17.3 Å². The first kappa shape index (κ1) is 20.5. The maximum atomic E-state index is 13.6. The van der Waals surface area contributed by atoms with Gasteiger partial charge in [0.2, 0.25) is 5.91 Å². The molecule has 0 radical (unpaired) electrons. The lowest BCUT2D eigenvalue weighted by Gasteiger charge is -2.11. The molecule has 10 heteroatoms. The Hall–Kier alpha value is -2.20. The quantitative estimate of drug-likeness (QED) is 0.514. The summed E-state index contributed by atoms with van der Waals surface area (Å²) in [5, 5.41) is 11.5. The summed E-state index contributed by atoms with van der Waals surface area (Å²) in [5.41, 5.74) is 0.417. The Bertz CT molecular complexity index is 975. The van der Waals surface area contributed by atoms with Crippen LogP contribution in [0.15, 0.2) is 42.1 Å². The number of thioether (sulfide) groups is 1. The highest BCUT2D eigenvalue weighted by Gasteiger charge is 2.33. The number of allylic oxidation sites excluding steroid dienone is 1. The zero-order valence-electron chi connectivity index (χ0n) is 15.2. The van der Waals surface area contributed by atoms with Crippen LogP contribution < -0.4 is 5.32 Å². The molecule has 1 atom stereocenters. The van der Waals surface area contributed by atoms with Crippen LogP contribution in [-0.2, 0) is 27.7 Å². The van der Waals surface area contributed by atoms with Gasteiger partial charge in [0, 0.05) is 24.6 Å². The summed E-state index contributed by atoms with van der Waals surface area (Å²) in [7, 11) is -3.04. The van der Waals surface area contributed by atoms with Gasteiger partial charge in [0.15, 0.2) is 15.0 Å². The van der Waals surface area contributed by atoms with Gasteiger partial charge in [-0.25, -0.2) is 12.8 Å². The zero-order chi connectivity index (χ0) is 20.1. The topological polar surface area (TPSA) is 93.9 Å². The molecule has 7 nitrogen and oxygen atoms in total. The van der Waals surface area contributed by atoms with Crippen LogP contribution in [0.25, 0.3) is 0 Å². The van der Waals surface area contributed by atoms with Crippen LogP contribution in [0.1, 0.15) is 23.7 Å². The predicted molar refractivity (Wildman–Crippen MR) is 105 cm³/mol. The molecule has 0 saturated carbocycles. The lowest BCUT2D eigenvalue weighted by atomic mass is 10.1. The Kier molecular flexibility index (Phi) is 6.50. The number of halogens is 1. The number of nitrogens with one attached hydrogen (secondary N) is 1. The summed E-state index contributed by atoms with van der Waals surface area (Å²) in [6.07, 6.45) is 2.20. The maximum Gasteiger partial charge on any atom is 0.230 e. The third kappa shape index (κ3) is 4.99. The van der Waals surface area contributed by atoms with Gasteiger partial charge in [-0.05, 0) is 12.5 Å². The van der Waals surface area contributed by atoms with Gasteiger partial charge in [-0.3, -0.25) is 4.79 Å². The molecular formula is C18H21FN4O3S2. The molecule has 2 aromatic rings. The third-order valence-corrected chi connectivity index (χ3v) is 7.16. The summed E-state index contributed by atoms with van der Waals surface area (Å²) in [4.78, 5) is 12.1. The Balaban J connectivity index is 1.61. The molecule has 3 rings (SSSR count). The number of amides is 1. The number of hydrogen-bond acceptors (Lipinski definition) is 6. The molecule has 1 aliphatic rings. The largest absolute Gasteiger partial charge is 0.351 e. The number of benzene rings is 1. The highest BCUT2D eigenvalue weighted by Crippen LogP contribution is 2.30. The molecule has 1 fully saturated rings. The van der Waals surface area contributed by atoms with Crippen LogP contribution in [0.3, 0.4) is 0 Å². The summed E-state index contributed by atoms with van der Waals surface area (Å²) in [6, 6.07) is 6.27. The second-order valence-corrected chi connectivity index (χ2v) is 9.67. The molecule has 1 N–H and O–H groups in total. The van der Waals surface area contributed by atoms with Gasteiger partial charge in [-0.2, -0.15) is 0 Å². The molecule has 1 unspecified atom stereocenters. The van der Waals surface area contributed by atoms with Gasteiger partial charge in [-0.1, -0.05) is 36.0 Å². The predicted octanol–water partition coefficient (Wildman–Crippen LogP) is 1.91. The number of carbonyl (C=O) groups excluding carboxylic acids is 1. The van der Waals surface area contributed by atoms with E-state index in [1.165, 1.54) is 17.8 Å². The van der Waals surface area contributed by atoms with Crippen LogP contribution in [0.2, 0.25) is 0 Å². The van der Waals surface area contributed by atoms with E-state index in [1.807, 2.05) is 0 Å². The maximum absolute atomic E-state index is 13.6. The SMILES string of the molecule is C=CCn1c(SCC(=O)NCc2ccccc2F)nnc1C1CCS(=O)(=O)C1. The van der Waals surface area contributed by atoms with Gasteiger partial charge >= 0.3 is 0 Å². The normalized spacial score (nSPS) is 18.1. The Morgan fingerprint density at radius 1 is 1.39 bits per heavy atom. The van der Waals surface area contributed by atoms with Gasteiger partial charge < -0.3 is 9.88 Å². The third-order valence-electron chi connectivity index (χ3n) is 4.42. The van der Waals surface area contributed by atoms with Crippen molar-refractivity contribution in [1.82, 2.24) is 20.1 Å². The second kappa shape index (κ2) is 8.87. The van der Waals surface area contributed by atoms with Crippen molar-refractivity contribution in [2.75, 3.05) is 17.3 Å². The molecular weight excluding hydrogens is 403 g/mol. The first-order chi connectivity index (χ1) is 13.4. The molecule has 150 valence electrons. The molecule has 1 aromatic carbocycles. The van der Waals surface area contributed by atoms with Crippen LogP contribution in [-0.4, -0.2) is 46.3 Å². The average Bonchev–Trinajstić information content (AvgIpc) is 3.22. The average molecular weight is 425 g/mol. The van der Waals surface area contributed by atoms with Crippen molar-refractivity contribution < 1.29 is 17.6 Å². The fourth-order valence-electron chi connectivity index (χ4n) is 3.02. The molecule has 1 aliphatic heterocycles. The van der Waals surface area contributed by atoms with E-state index in [-0.39, 0.29) is 41.4 Å². The van der Waals surface area contributed by atoms with Crippen LogP contribution in [0, 0.1) is 5.82 Å². The lowest BCUT2D eigenvalue weighted by Crippen LogP contribution is -2.25. The van der Waals surface area contributed by atoms with Gasteiger partial charge in [0.1, 0.15) is 11.6 Å². The van der Waals surface area contributed by atoms with Crippen molar-refractivity contribution >= 4 is 27.5 Å². The van der Waals surface area contributed by atoms with Gasteiger partial charge in [-0.15, -0.1) is 16.8 Å². The molecule has 0 bridgehead atoms. The number of rotatable bonds is 8. The first-order valence-electron chi connectivity index (χ1n) is 8.77. The lowest BCUT2D eigenvalue weighted by molar-refractivity contribution is -0.118. The van der Waals surface area contributed by atoms with E-state index in [0.717, 1.165) is 0 Å². The standard InChI is InChI=1S/C18H21FN4O3S2/c1-2-8-23-17(14-7-9-28(25,26)12-14)21-22-18(23)27-11-16(24)20-10-13-5-3-4-6-15(13)19/h2-6,14H,1,7-12H2,(H,20,24). The molecule has 1 amide bonds. The number of carbonyl (C=O) groups is 1. The summed E-state index contributed by atoms with van der Waals surface area (Å²) in [6.45, 7) is 4.26. The number of hydrogen-bond donors (Lipinski definition) is 1. The second-order valence-electron chi connectivity index (χ2n) is 6.50. The van der Waals surface area contributed by atoms with Crippen molar-refractivity contribution in [2.24, 2.45) is 0 Å². The Labute approximate surface area is 167 Å². The summed E-state index contributed by atoms with van der Waals surface area (Å²) >= 11 is 1.20. The van der Waals surface area contributed by atoms with Crippen LogP contribution in [0.4, 0.5) is 4.39 Å². The minimum Gasteiger partial charge on any atom is -0.351 e. The molecule has 1 saturated heterocycles. The zero-order valence-corrected chi connectivity index (χ0v) is 16.8. The van der Waals surface area contributed by atoms with Crippen molar-refractivity contribution in [1.29, 1.82) is 0 Å². The summed E-state index contributed by atoms with van der Waals surface area (Å²) < 4.78 is 38.9. The fraction of sp³-hybridized carbons (Fsp3) is 0.389. The van der Waals surface area contributed by atoms with E-state index in [0.29, 0.717) is 29.5 Å². The van der Waals surface area contributed by atoms with Crippen molar-refractivity contribution in [3.05, 3.63) is 54.1 Å². The minimum atomic E-state index is -3.04. The molecule has 0 spiro atoms. The van der Waals surface area contributed by atoms with Crippen LogP contribution in [0.5, 0.6) is 0 Å². The van der Waals surface area contributed by atoms with E-state index in [9.17, 15) is 17.6 Å². The van der Waals surface area contributed by atoms with E-state index in [4.69, 9.17) is 0 Å². The van der Waals surface area contributed by atoms with E-state index < -0.39 is 9.84 Å². The number of nitrogens with zero attached hydrogens (tertiary/aromatic N) is 3. The van der Waals surface area contributed by atoms with E-state index in [2.05, 4.69) is 22.1 Å². The Morgan fingerprint density at radius 3 is 2.86 bits per heavy atom. The van der Waals surface area contributed by atoms with Crippen molar-refractivity contribution in [3.63, 3.8) is 0 Å². The van der Waals surface area contributed by atoms with Crippen LogP contribution >= 0.6 is 11.8 Å². The molecule has 0 aliphatic carbocycles. The van der Waals surface area contributed by atoms with Gasteiger partial charge in [0.25, 0.3) is 0 Å². The fourth-order valence-corrected chi connectivity index (χ4v) is 5.55. The first-order valence-corrected chi connectivity index (χ1v) is 11.6. The highest BCUT2D eigenvalue weighted by atomic mass is 32.2. The van der Waals surface area contributed by atoms with E-state index >= 15 is 0 Å². The number of sulfone groups is 1.